The van der Waals surface area contributed by atoms with Crippen LogP contribution in [0.1, 0.15) is 51.0 Å². The molecule has 1 saturated carbocycles. The van der Waals surface area contributed by atoms with Gasteiger partial charge in [0, 0.05) is 0 Å². The van der Waals surface area contributed by atoms with Gasteiger partial charge in [0.25, 0.3) is 6.17 Å². The second kappa shape index (κ2) is 8.53. The molecule has 0 radical (unpaired) electrons. The van der Waals surface area contributed by atoms with Crippen LogP contribution >= 0.6 is 0 Å². The number of halogens is 6. The molecule has 2 rings (SSSR count). The van der Waals surface area contributed by atoms with Crippen LogP contribution in [0.2, 0.25) is 0 Å². The van der Waals surface area contributed by atoms with Gasteiger partial charge < -0.3 is 4.74 Å². The molecule has 1 aromatic carbocycles. The van der Waals surface area contributed by atoms with E-state index in [0.717, 1.165) is 36.5 Å². The molecular weight excluding hydrogens is 358 g/mol. The van der Waals surface area contributed by atoms with Crippen molar-refractivity contribution in [2.45, 2.75) is 70.3 Å². The summed E-state index contributed by atoms with van der Waals surface area (Å²) >= 11 is 0. The molecule has 0 bridgehead atoms. The largest absolute Gasteiger partial charge is 0.439 e. The highest BCUT2D eigenvalue weighted by atomic mass is 19.4. The van der Waals surface area contributed by atoms with Crippen molar-refractivity contribution >= 4 is 0 Å². The van der Waals surface area contributed by atoms with Gasteiger partial charge in [0.2, 0.25) is 0 Å². The van der Waals surface area contributed by atoms with Crippen LogP contribution in [0.15, 0.2) is 24.3 Å². The van der Waals surface area contributed by atoms with Crippen molar-refractivity contribution in [1.82, 2.24) is 0 Å². The summed E-state index contributed by atoms with van der Waals surface area (Å²) < 4.78 is 79.5. The molecule has 1 nitrogen and oxygen atoms in total. The Morgan fingerprint density at radius 1 is 0.962 bits per heavy atom. The van der Waals surface area contributed by atoms with E-state index in [-0.39, 0.29) is 0 Å². The maximum atomic E-state index is 13.2. The van der Waals surface area contributed by atoms with Gasteiger partial charge in [-0.15, -0.1) is 0 Å². The van der Waals surface area contributed by atoms with Gasteiger partial charge in [0.05, 0.1) is 0 Å². The van der Waals surface area contributed by atoms with Gasteiger partial charge in [-0.25, -0.2) is 4.39 Å². The summed E-state index contributed by atoms with van der Waals surface area (Å²) in [6.07, 6.45) is -7.15. The first-order valence-corrected chi connectivity index (χ1v) is 8.98. The molecule has 1 aliphatic rings. The zero-order valence-electron chi connectivity index (χ0n) is 14.7. The minimum atomic E-state index is -5.68. The Morgan fingerprint density at radius 2 is 1.50 bits per heavy atom. The fraction of sp³-hybridized carbons (Fsp3) is 0.684. The van der Waals surface area contributed by atoms with E-state index in [4.69, 9.17) is 0 Å². The van der Waals surface area contributed by atoms with Gasteiger partial charge in [-0.2, -0.15) is 22.0 Å². The molecular formula is C19H24F6O. The number of ether oxygens (including phenoxy) is 1. The van der Waals surface area contributed by atoms with Crippen molar-refractivity contribution < 1.29 is 31.1 Å². The van der Waals surface area contributed by atoms with Crippen molar-refractivity contribution in [3.05, 3.63) is 29.8 Å². The highest BCUT2D eigenvalue weighted by molar-refractivity contribution is 5.27. The predicted molar refractivity (Wildman–Crippen MR) is 87.0 cm³/mol. The van der Waals surface area contributed by atoms with Crippen LogP contribution in [0.5, 0.6) is 5.75 Å². The summed E-state index contributed by atoms with van der Waals surface area (Å²) in [4.78, 5) is 0. The minimum absolute atomic E-state index is 0.492. The van der Waals surface area contributed by atoms with E-state index >= 15 is 0 Å². The zero-order valence-corrected chi connectivity index (χ0v) is 14.7. The minimum Gasteiger partial charge on any atom is -0.430 e. The smallest absolute Gasteiger partial charge is 0.430 e. The molecule has 0 amide bonds. The maximum Gasteiger partial charge on any atom is 0.439 e. The Hall–Kier alpha value is -1.40. The summed E-state index contributed by atoms with van der Waals surface area (Å²) in [5.41, 5.74) is 0.894. The molecule has 1 aromatic rings. The molecule has 0 aliphatic heterocycles. The molecule has 0 N–H and O–H groups in total. The van der Waals surface area contributed by atoms with Crippen LogP contribution in [0, 0.1) is 11.8 Å². The molecule has 148 valence electrons. The van der Waals surface area contributed by atoms with Gasteiger partial charge in [-0.3, -0.25) is 0 Å². The highest BCUT2D eigenvalue weighted by Crippen LogP contribution is 2.37. The van der Waals surface area contributed by atoms with E-state index in [1.54, 1.807) is 0 Å². The van der Waals surface area contributed by atoms with Crippen LogP contribution in [-0.4, -0.2) is 18.5 Å². The second-order valence-corrected chi connectivity index (χ2v) is 7.05. The van der Waals surface area contributed by atoms with Crippen LogP contribution < -0.4 is 4.74 Å². The van der Waals surface area contributed by atoms with Crippen LogP contribution in [-0.2, 0) is 6.42 Å². The number of hydrogen-bond donors (Lipinski definition) is 0. The molecule has 0 aromatic heterocycles. The lowest BCUT2D eigenvalue weighted by Crippen LogP contribution is -2.45. The van der Waals surface area contributed by atoms with E-state index in [1.807, 2.05) is 0 Å². The third kappa shape index (κ3) is 5.81. The van der Waals surface area contributed by atoms with Gasteiger partial charge in [-0.1, -0.05) is 51.2 Å². The summed E-state index contributed by atoms with van der Waals surface area (Å²) in [6.45, 7) is 2.21. The molecule has 0 spiro atoms. The van der Waals surface area contributed by atoms with Gasteiger partial charge in [-0.05, 0) is 42.4 Å². The highest BCUT2D eigenvalue weighted by Gasteiger charge is 2.59. The Labute approximate surface area is 149 Å². The van der Waals surface area contributed by atoms with E-state index in [0.29, 0.717) is 5.92 Å². The Bertz CT molecular complexity index is 546. The van der Waals surface area contributed by atoms with Gasteiger partial charge in [0.1, 0.15) is 5.75 Å². The van der Waals surface area contributed by atoms with Crippen molar-refractivity contribution in [2.75, 3.05) is 0 Å². The van der Waals surface area contributed by atoms with Crippen molar-refractivity contribution in [3.63, 3.8) is 0 Å². The third-order valence-electron chi connectivity index (χ3n) is 5.14. The molecule has 7 heteroatoms. The number of hydrogen-bond acceptors (Lipinski definition) is 1. The standard InChI is InChI=1S/C19H24F6O/c1-2-13-3-5-14(6-4-13)7-8-15-9-11-16(12-10-15)26-19(24,25)17(20)18(21,22)23/h9-14,17H,2-8H2,1H3. The lowest BCUT2D eigenvalue weighted by atomic mass is 9.78. The van der Waals surface area contributed by atoms with Crippen LogP contribution in [0.4, 0.5) is 26.3 Å². The fourth-order valence-corrected chi connectivity index (χ4v) is 3.42. The normalized spacial score (nSPS) is 22.9. The first-order valence-electron chi connectivity index (χ1n) is 8.98. The summed E-state index contributed by atoms with van der Waals surface area (Å²) in [6, 6.07) is 5.37. The van der Waals surface area contributed by atoms with Crippen LogP contribution in [0.25, 0.3) is 0 Å². The monoisotopic (exact) mass is 382 g/mol. The van der Waals surface area contributed by atoms with Crippen molar-refractivity contribution in [3.8, 4) is 5.75 Å². The topological polar surface area (TPSA) is 9.23 Å². The summed E-state index contributed by atoms with van der Waals surface area (Å²) in [5.74, 6) is 0.978. The molecule has 26 heavy (non-hydrogen) atoms. The average molecular weight is 382 g/mol. The van der Waals surface area contributed by atoms with E-state index in [9.17, 15) is 26.3 Å². The molecule has 1 fully saturated rings. The number of aryl methyl sites for hydroxylation is 1. The fourth-order valence-electron chi connectivity index (χ4n) is 3.42. The average Bonchev–Trinajstić information content (AvgIpc) is 2.60. The molecule has 1 atom stereocenters. The molecule has 0 heterocycles. The Morgan fingerprint density at radius 3 is 2.00 bits per heavy atom. The van der Waals surface area contributed by atoms with Gasteiger partial charge >= 0.3 is 12.3 Å². The molecule has 1 unspecified atom stereocenters. The zero-order chi connectivity index (χ0) is 19.4. The van der Waals surface area contributed by atoms with Crippen molar-refractivity contribution in [1.29, 1.82) is 0 Å². The quantitative estimate of drug-likeness (QED) is 0.476. The van der Waals surface area contributed by atoms with E-state index in [2.05, 4.69) is 11.7 Å². The maximum absolute atomic E-state index is 13.2. The predicted octanol–water partition coefficient (Wildman–Crippen LogP) is 6.71. The van der Waals surface area contributed by atoms with E-state index < -0.39 is 24.2 Å². The molecule has 1 aliphatic carbocycles. The Kier molecular flexibility index (Phi) is 6.86. The van der Waals surface area contributed by atoms with Crippen LogP contribution in [0.3, 0.4) is 0 Å². The first kappa shape index (κ1) is 20.9. The summed E-state index contributed by atoms with van der Waals surface area (Å²) in [7, 11) is 0. The number of alkyl halides is 6. The number of benzene rings is 1. The first-order chi connectivity index (χ1) is 12.1. The SMILES string of the molecule is CCC1CCC(CCc2ccc(OC(F)(F)C(F)C(F)(F)F)cc2)CC1. The lowest BCUT2D eigenvalue weighted by molar-refractivity contribution is -0.304. The second-order valence-electron chi connectivity index (χ2n) is 7.05. The lowest BCUT2D eigenvalue weighted by Gasteiger charge is -2.27. The Balaban J connectivity index is 1.84. The molecule has 0 saturated heterocycles. The third-order valence-corrected chi connectivity index (χ3v) is 5.14. The number of rotatable bonds is 7. The van der Waals surface area contributed by atoms with E-state index in [1.165, 1.54) is 44.2 Å². The van der Waals surface area contributed by atoms with Gasteiger partial charge in [0.15, 0.2) is 0 Å². The van der Waals surface area contributed by atoms with Crippen molar-refractivity contribution in [2.24, 2.45) is 11.8 Å². The summed E-state index contributed by atoms with van der Waals surface area (Å²) in [5, 5.41) is 0.